The number of aromatic nitrogens is 2. The Bertz CT molecular complexity index is 525. The van der Waals surface area contributed by atoms with Crippen molar-refractivity contribution in [1.29, 1.82) is 0 Å². The van der Waals surface area contributed by atoms with Gasteiger partial charge in [0.2, 0.25) is 0 Å². The van der Waals surface area contributed by atoms with Crippen LogP contribution < -0.4 is 0 Å². The van der Waals surface area contributed by atoms with Gasteiger partial charge in [0.25, 0.3) is 9.05 Å². The minimum Gasteiger partial charge on any atom is -0.385 e. The van der Waals surface area contributed by atoms with Crippen LogP contribution in [0.3, 0.4) is 0 Å². The van der Waals surface area contributed by atoms with Gasteiger partial charge >= 0.3 is 0 Å². The highest BCUT2D eigenvalue weighted by Gasteiger charge is 2.26. The highest BCUT2D eigenvalue weighted by Crippen LogP contribution is 2.28. The number of nitrogens with zero attached hydrogens (tertiary/aromatic N) is 2. The molecule has 0 amide bonds. The molecule has 0 aliphatic carbocycles. The molecule has 0 saturated carbocycles. The topological polar surface area (TPSA) is 61.2 Å². The molecule has 1 atom stereocenters. The van der Waals surface area contributed by atoms with Gasteiger partial charge in [-0.05, 0) is 26.2 Å². The molecule has 0 aliphatic heterocycles. The average molecular weight is 309 g/mol. The zero-order valence-corrected chi connectivity index (χ0v) is 13.4. The number of methoxy groups -OCH3 is 1. The molecular weight excluding hydrogens is 288 g/mol. The van der Waals surface area contributed by atoms with Crippen molar-refractivity contribution in [3.05, 3.63) is 11.4 Å². The Hall–Kier alpha value is -0.590. The molecule has 0 aromatic carbocycles. The van der Waals surface area contributed by atoms with Crippen LogP contribution in [0, 0.1) is 0 Å². The fourth-order valence-electron chi connectivity index (χ4n) is 2.12. The van der Waals surface area contributed by atoms with Crippen molar-refractivity contribution in [3.63, 3.8) is 0 Å². The van der Waals surface area contributed by atoms with Gasteiger partial charge in [0.15, 0.2) is 0 Å². The summed E-state index contributed by atoms with van der Waals surface area (Å²) in [5.41, 5.74) is 1.21. The van der Waals surface area contributed by atoms with Crippen LogP contribution in [0.4, 0.5) is 0 Å². The van der Waals surface area contributed by atoms with Crippen molar-refractivity contribution in [2.24, 2.45) is 0 Å². The maximum Gasteiger partial charge on any atom is 0.264 e. The first-order chi connectivity index (χ1) is 8.86. The minimum atomic E-state index is -3.76. The fourth-order valence-corrected chi connectivity index (χ4v) is 3.64. The van der Waals surface area contributed by atoms with Crippen LogP contribution in [0.1, 0.15) is 44.6 Å². The van der Waals surface area contributed by atoms with Crippen molar-refractivity contribution < 1.29 is 13.2 Å². The van der Waals surface area contributed by atoms with Gasteiger partial charge in [-0.2, -0.15) is 5.10 Å². The van der Waals surface area contributed by atoms with E-state index in [0.29, 0.717) is 30.8 Å². The van der Waals surface area contributed by atoms with E-state index < -0.39 is 9.05 Å². The van der Waals surface area contributed by atoms with Crippen LogP contribution in [0.25, 0.3) is 0 Å². The number of hydrogen-bond acceptors (Lipinski definition) is 4. The molecule has 0 fully saturated rings. The van der Waals surface area contributed by atoms with Gasteiger partial charge in [-0.3, -0.25) is 4.68 Å². The van der Waals surface area contributed by atoms with E-state index in [-0.39, 0.29) is 10.9 Å². The molecule has 1 aromatic rings. The summed E-state index contributed by atoms with van der Waals surface area (Å²) in [6.45, 7) is 6.38. The highest BCUT2D eigenvalue weighted by atomic mass is 35.7. The van der Waals surface area contributed by atoms with Crippen molar-refractivity contribution in [2.75, 3.05) is 13.7 Å². The van der Waals surface area contributed by atoms with E-state index in [1.54, 1.807) is 11.8 Å². The molecule has 0 N–H and O–H groups in total. The third kappa shape index (κ3) is 3.70. The molecule has 0 bridgehead atoms. The standard InChI is InChI=1S/C12H21ClN2O3S/c1-5-10-12(19(13,16)17)11(6-2)15(14-10)9(3)7-8-18-4/h9H,5-8H2,1-4H3. The van der Waals surface area contributed by atoms with Crippen molar-refractivity contribution in [2.45, 2.75) is 51.0 Å². The van der Waals surface area contributed by atoms with Gasteiger partial charge in [-0.1, -0.05) is 13.8 Å². The zero-order chi connectivity index (χ0) is 14.6. The van der Waals surface area contributed by atoms with Gasteiger partial charge in [-0.25, -0.2) is 8.42 Å². The molecule has 1 aromatic heterocycles. The summed E-state index contributed by atoms with van der Waals surface area (Å²) in [6.07, 6.45) is 1.89. The number of rotatable bonds is 7. The lowest BCUT2D eigenvalue weighted by molar-refractivity contribution is 0.178. The first-order valence-corrected chi connectivity index (χ1v) is 8.71. The Balaban J connectivity index is 3.31. The van der Waals surface area contributed by atoms with Crippen LogP contribution in [-0.2, 0) is 26.6 Å². The predicted octanol–water partition coefficient (Wildman–Crippen LogP) is 2.53. The van der Waals surface area contributed by atoms with Gasteiger partial charge in [0.1, 0.15) is 4.90 Å². The van der Waals surface area contributed by atoms with Gasteiger partial charge in [-0.15, -0.1) is 0 Å². The second-order valence-corrected chi connectivity index (χ2v) is 6.95. The second-order valence-electron chi connectivity index (χ2n) is 4.44. The molecular formula is C12H21ClN2O3S. The highest BCUT2D eigenvalue weighted by molar-refractivity contribution is 8.13. The van der Waals surface area contributed by atoms with Crippen molar-refractivity contribution >= 4 is 19.7 Å². The number of hydrogen-bond donors (Lipinski definition) is 0. The Kier molecular flexibility index (Phi) is 5.82. The van der Waals surface area contributed by atoms with Crippen LogP contribution in [-0.4, -0.2) is 31.9 Å². The molecule has 1 rings (SSSR count). The summed E-state index contributed by atoms with van der Waals surface area (Å²) in [4.78, 5) is 0.184. The van der Waals surface area contributed by atoms with E-state index in [1.165, 1.54) is 0 Å². The lowest BCUT2D eigenvalue weighted by Crippen LogP contribution is -2.13. The molecule has 0 saturated heterocycles. The first kappa shape index (κ1) is 16.5. The summed E-state index contributed by atoms with van der Waals surface area (Å²) in [5, 5.41) is 4.42. The van der Waals surface area contributed by atoms with Gasteiger partial charge < -0.3 is 4.74 Å². The minimum absolute atomic E-state index is 0.0763. The lowest BCUT2D eigenvalue weighted by atomic mass is 10.2. The van der Waals surface area contributed by atoms with E-state index in [4.69, 9.17) is 15.4 Å². The van der Waals surface area contributed by atoms with E-state index >= 15 is 0 Å². The van der Waals surface area contributed by atoms with Crippen molar-refractivity contribution in [1.82, 2.24) is 9.78 Å². The Morgan fingerprint density at radius 1 is 1.37 bits per heavy atom. The number of halogens is 1. The number of aryl methyl sites for hydroxylation is 1. The summed E-state index contributed by atoms with van der Waals surface area (Å²) in [5.74, 6) is 0. The molecule has 110 valence electrons. The Morgan fingerprint density at radius 2 is 2.00 bits per heavy atom. The number of ether oxygens (including phenoxy) is 1. The van der Waals surface area contributed by atoms with Crippen LogP contribution >= 0.6 is 10.7 Å². The smallest absolute Gasteiger partial charge is 0.264 e. The monoisotopic (exact) mass is 308 g/mol. The Labute approximate surface area is 119 Å². The quantitative estimate of drug-likeness (QED) is 0.726. The lowest BCUT2D eigenvalue weighted by Gasteiger charge is -2.14. The maximum absolute atomic E-state index is 11.7. The van der Waals surface area contributed by atoms with Crippen molar-refractivity contribution in [3.8, 4) is 0 Å². The normalized spacial score (nSPS) is 13.7. The van der Waals surface area contributed by atoms with Crippen LogP contribution in [0.5, 0.6) is 0 Å². The molecule has 0 spiro atoms. The zero-order valence-electron chi connectivity index (χ0n) is 11.8. The van der Waals surface area contributed by atoms with Gasteiger partial charge in [0, 0.05) is 24.4 Å². The SMILES string of the molecule is CCc1nn(C(C)CCOC)c(CC)c1S(=O)(=O)Cl. The largest absolute Gasteiger partial charge is 0.385 e. The van der Waals surface area contributed by atoms with E-state index in [2.05, 4.69) is 5.10 Å². The molecule has 7 heteroatoms. The molecule has 19 heavy (non-hydrogen) atoms. The molecule has 0 radical (unpaired) electrons. The Morgan fingerprint density at radius 3 is 2.42 bits per heavy atom. The van der Waals surface area contributed by atoms with E-state index in [9.17, 15) is 8.42 Å². The first-order valence-electron chi connectivity index (χ1n) is 6.40. The van der Waals surface area contributed by atoms with E-state index in [1.807, 2.05) is 20.8 Å². The second kappa shape index (κ2) is 6.72. The molecule has 0 aliphatic rings. The molecule has 5 nitrogen and oxygen atoms in total. The molecule has 1 unspecified atom stereocenters. The average Bonchev–Trinajstić information content (AvgIpc) is 2.74. The summed E-state index contributed by atoms with van der Waals surface area (Å²) < 4.78 is 30.3. The fraction of sp³-hybridized carbons (Fsp3) is 0.750. The summed E-state index contributed by atoms with van der Waals surface area (Å²) in [6, 6.07) is 0.0763. The third-order valence-corrected chi connectivity index (χ3v) is 4.52. The summed E-state index contributed by atoms with van der Waals surface area (Å²) in [7, 11) is 3.42. The third-order valence-electron chi connectivity index (χ3n) is 3.10. The summed E-state index contributed by atoms with van der Waals surface area (Å²) >= 11 is 0. The maximum atomic E-state index is 11.7. The predicted molar refractivity (Wildman–Crippen MR) is 75.2 cm³/mol. The van der Waals surface area contributed by atoms with Crippen LogP contribution in [0.2, 0.25) is 0 Å². The van der Waals surface area contributed by atoms with Gasteiger partial charge in [0.05, 0.1) is 17.4 Å². The van der Waals surface area contributed by atoms with Crippen LogP contribution in [0.15, 0.2) is 4.90 Å². The molecule has 1 heterocycles. The van der Waals surface area contributed by atoms with E-state index in [0.717, 1.165) is 6.42 Å².